The maximum atomic E-state index is 9.16. The third-order valence-electron chi connectivity index (χ3n) is 2.86. The van der Waals surface area contributed by atoms with Crippen LogP contribution in [0.3, 0.4) is 0 Å². The van der Waals surface area contributed by atoms with Crippen LogP contribution in [0.25, 0.3) is 0 Å². The van der Waals surface area contributed by atoms with Gasteiger partial charge < -0.3 is 49.5 Å². The number of quaternary nitrogens is 1. The van der Waals surface area contributed by atoms with E-state index in [2.05, 4.69) is 0 Å². The monoisotopic (exact) mass is 320 g/mol. The van der Waals surface area contributed by atoms with Gasteiger partial charge in [-0.2, -0.15) is 0 Å². The van der Waals surface area contributed by atoms with Gasteiger partial charge in [-0.05, 0) is 0 Å². The third-order valence-corrected chi connectivity index (χ3v) is 2.86. The van der Waals surface area contributed by atoms with E-state index in [9.17, 15) is 0 Å². The molecule has 14 heavy (non-hydrogen) atoms. The Bertz CT molecular complexity index is 143. The van der Waals surface area contributed by atoms with E-state index < -0.39 is 5.54 Å². The van der Waals surface area contributed by atoms with Crippen molar-refractivity contribution in [3.63, 3.8) is 0 Å². The maximum Gasteiger partial charge on any atom is 0.169 e. The maximum absolute atomic E-state index is 9.16. The molecule has 0 aliphatic rings. The lowest BCUT2D eigenvalue weighted by Crippen LogP contribution is -3.00. The van der Waals surface area contributed by atoms with Crippen LogP contribution in [0.4, 0.5) is 0 Å². The fourth-order valence-electron chi connectivity index (χ4n) is 1.28. The average molecular weight is 320 g/mol. The molecule has 0 saturated carbocycles. The van der Waals surface area contributed by atoms with E-state index in [1.807, 2.05) is 14.1 Å². The minimum Gasteiger partial charge on any atom is -1.00 e. The van der Waals surface area contributed by atoms with Crippen LogP contribution in [0.5, 0.6) is 0 Å². The first-order valence-corrected chi connectivity index (χ1v) is 4.35. The van der Waals surface area contributed by atoms with E-state index in [1.165, 1.54) is 0 Å². The summed E-state index contributed by atoms with van der Waals surface area (Å²) in [4.78, 5) is 0. The van der Waals surface area contributed by atoms with E-state index in [4.69, 9.17) is 21.1 Å². The van der Waals surface area contributed by atoms with Gasteiger partial charge in [-0.1, -0.05) is 0 Å². The number of rotatable bonds is 6. The summed E-state index contributed by atoms with van der Waals surface area (Å²) in [5.41, 5.74) is 4.51. The number of aliphatic hydroxyl groups excluding tert-OH is 3. The van der Waals surface area contributed by atoms with Gasteiger partial charge in [0.25, 0.3) is 0 Å². The van der Waals surface area contributed by atoms with Gasteiger partial charge in [0, 0.05) is 6.54 Å². The summed E-state index contributed by atoms with van der Waals surface area (Å²) >= 11 is 0. The fourth-order valence-corrected chi connectivity index (χ4v) is 1.28. The first-order chi connectivity index (χ1) is 5.99. The first-order valence-electron chi connectivity index (χ1n) is 4.35. The molecule has 0 amide bonds. The van der Waals surface area contributed by atoms with Crippen molar-refractivity contribution >= 4 is 0 Å². The average Bonchev–Trinajstić information content (AvgIpc) is 2.07. The number of nitrogens with zero attached hydrogens (tertiary/aromatic N) is 1. The van der Waals surface area contributed by atoms with Gasteiger partial charge in [0.2, 0.25) is 0 Å². The summed E-state index contributed by atoms with van der Waals surface area (Å²) in [5, 5.41) is 27.5. The highest BCUT2D eigenvalue weighted by molar-refractivity contribution is 4.78. The highest BCUT2D eigenvalue weighted by Gasteiger charge is 2.43. The molecule has 0 heterocycles. The normalized spacial score (nSPS) is 12.4. The predicted octanol–water partition coefficient (Wildman–Crippen LogP) is -5.26. The smallest absolute Gasteiger partial charge is 0.169 e. The van der Waals surface area contributed by atoms with Crippen molar-refractivity contribution in [3.8, 4) is 0 Å². The zero-order valence-electron chi connectivity index (χ0n) is 8.78. The molecular formula is C8H21IN2O3. The molecule has 0 atom stereocenters. The Balaban J connectivity index is 0. The second-order valence-electron chi connectivity index (χ2n) is 3.90. The van der Waals surface area contributed by atoms with Gasteiger partial charge in [0.1, 0.15) is 19.8 Å². The Morgan fingerprint density at radius 2 is 1.43 bits per heavy atom. The Morgan fingerprint density at radius 1 is 1.07 bits per heavy atom. The molecule has 0 radical (unpaired) electrons. The lowest BCUT2D eigenvalue weighted by atomic mass is 9.98. The zero-order valence-corrected chi connectivity index (χ0v) is 10.9. The van der Waals surface area contributed by atoms with Crippen molar-refractivity contribution in [1.29, 1.82) is 0 Å². The number of nitrogens with two attached hydrogens (primary N) is 1. The van der Waals surface area contributed by atoms with Crippen molar-refractivity contribution in [2.45, 2.75) is 5.54 Å². The first kappa shape index (κ1) is 16.9. The molecule has 5 N–H and O–H groups in total. The second-order valence-corrected chi connectivity index (χ2v) is 3.90. The highest BCUT2D eigenvalue weighted by atomic mass is 127. The lowest BCUT2D eigenvalue weighted by molar-refractivity contribution is -0.942. The van der Waals surface area contributed by atoms with Crippen LogP contribution in [-0.4, -0.2) is 72.3 Å². The van der Waals surface area contributed by atoms with Crippen LogP contribution in [0.1, 0.15) is 0 Å². The second kappa shape index (κ2) is 6.91. The van der Waals surface area contributed by atoms with Crippen LogP contribution in [0.2, 0.25) is 0 Å². The summed E-state index contributed by atoms with van der Waals surface area (Å²) in [6.07, 6.45) is 0. The Labute approximate surface area is 102 Å². The molecule has 0 aliphatic heterocycles. The number of hydrogen-bond donors (Lipinski definition) is 4. The molecule has 0 fully saturated rings. The molecule has 0 aromatic rings. The molecule has 0 saturated heterocycles. The molecule has 0 unspecified atom stereocenters. The van der Waals surface area contributed by atoms with E-state index in [0.29, 0.717) is 17.6 Å². The molecule has 5 nitrogen and oxygen atoms in total. The van der Waals surface area contributed by atoms with Crippen molar-refractivity contribution in [1.82, 2.24) is 0 Å². The molecular weight excluding hydrogens is 299 g/mol. The number of halogens is 1. The van der Waals surface area contributed by atoms with E-state index in [1.54, 1.807) is 0 Å². The Hall–Kier alpha value is 0.530. The highest BCUT2D eigenvalue weighted by Crippen LogP contribution is 2.19. The van der Waals surface area contributed by atoms with Crippen LogP contribution >= 0.6 is 0 Å². The summed E-state index contributed by atoms with van der Waals surface area (Å²) < 4.78 is 0.312. The number of hydrogen-bond acceptors (Lipinski definition) is 4. The van der Waals surface area contributed by atoms with E-state index in [-0.39, 0.29) is 43.8 Å². The van der Waals surface area contributed by atoms with Crippen LogP contribution in [0, 0.1) is 0 Å². The van der Waals surface area contributed by atoms with Crippen LogP contribution < -0.4 is 29.7 Å². The molecule has 0 spiro atoms. The molecule has 0 bridgehead atoms. The summed E-state index contributed by atoms with van der Waals surface area (Å²) in [5.74, 6) is 0. The van der Waals surface area contributed by atoms with Crippen molar-refractivity contribution < 1.29 is 43.8 Å². The van der Waals surface area contributed by atoms with Gasteiger partial charge in [-0.15, -0.1) is 0 Å². The van der Waals surface area contributed by atoms with Gasteiger partial charge in [-0.25, -0.2) is 0 Å². The van der Waals surface area contributed by atoms with Crippen molar-refractivity contribution in [2.24, 2.45) is 5.73 Å². The quantitative estimate of drug-likeness (QED) is 0.291. The van der Waals surface area contributed by atoms with Gasteiger partial charge in [-0.3, -0.25) is 0 Å². The summed E-state index contributed by atoms with van der Waals surface area (Å²) in [6, 6.07) is 0. The van der Waals surface area contributed by atoms with Gasteiger partial charge in [0.05, 0.1) is 20.6 Å². The SMILES string of the molecule is C[N+](C)(CCN)C(CO)(CO)CO.[I-]. The van der Waals surface area contributed by atoms with E-state index in [0.717, 1.165) is 0 Å². The molecule has 0 aromatic heterocycles. The van der Waals surface area contributed by atoms with Gasteiger partial charge in [0.15, 0.2) is 5.54 Å². The molecule has 0 aliphatic carbocycles. The van der Waals surface area contributed by atoms with E-state index >= 15 is 0 Å². The van der Waals surface area contributed by atoms with Crippen molar-refractivity contribution in [3.05, 3.63) is 0 Å². The fraction of sp³-hybridized carbons (Fsp3) is 1.00. The zero-order chi connectivity index (χ0) is 10.5. The number of aliphatic hydroxyl groups is 3. The Kier molecular flexibility index (Phi) is 8.37. The summed E-state index contributed by atoms with van der Waals surface area (Å²) in [7, 11) is 3.66. The van der Waals surface area contributed by atoms with Crippen LogP contribution in [-0.2, 0) is 0 Å². The standard InChI is InChI=1S/C8H21N2O3.HI/c1-10(2,4-3-9)8(5-11,6-12)7-13;/h11-13H,3-7,9H2,1-2H3;1H/q+1;/p-1. The predicted molar refractivity (Wildman–Crippen MR) is 50.0 cm³/mol. The molecule has 0 rings (SSSR count). The minimum atomic E-state index is -0.903. The molecule has 0 aromatic carbocycles. The summed E-state index contributed by atoms with van der Waals surface area (Å²) in [6.45, 7) is 0.281. The Morgan fingerprint density at radius 3 is 1.64 bits per heavy atom. The largest absolute Gasteiger partial charge is 1.00 e. The lowest BCUT2D eigenvalue weighted by Gasteiger charge is -2.45. The third kappa shape index (κ3) is 3.28. The topological polar surface area (TPSA) is 86.7 Å². The van der Waals surface area contributed by atoms with Crippen LogP contribution in [0.15, 0.2) is 0 Å². The molecule has 6 heteroatoms. The number of likely N-dealkylation sites (N-methyl/N-ethyl adjacent to an activating group) is 1. The molecule has 88 valence electrons. The van der Waals surface area contributed by atoms with Gasteiger partial charge >= 0.3 is 0 Å². The van der Waals surface area contributed by atoms with Crippen molar-refractivity contribution in [2.75, 3.05) is 47.0 Å². The minimum absolute atomic E-state index is 0.